The number of carbonyl (C=O) groups excluding carboxylic acids is 2. The number of hydrogen-bond donors (Lipinski definition) is 0. The summed E-state index contributed by atoms with van der Waals surface area (Å²) in [4.78, 5) is 28.0. The quantitative estimate of drug-likeness (QED) is 0.666. The lowest BCUT2D eigenvalue weighted by molar-refractivity contribution is -0.133. The number of hydrogen-bond acceptors (Lipinski definition) is 4. The molecule has 28 heavy (non-hydrogen) atoms. The van der Waals surface area contributed by atoms with Crippen LogP contribution in [-0.2, 0) is 9.59 Å². The van der Waals surface area contributed by atoms with Gasteiger partial charge in [-0.1, -0.05) is 12.1 Å². The molecular formula is C22H28N2O4. The molecule has 2 amide bonds. The molecule has 0 aromatic heterocycles. The van der Waals surface area contributed by atoms with Crippen molar-refractivity contribution in [1.29, 1.82) is 0 Å². The van der Waals surface area contributed by atoms with Crippen LogP contribution in [0.15, 0.2) is 48.5 Å². The second kappa shape index (κ2) is 10.3. The minimum Gasteiger partial charge on any atom is -0.497 e. The summed E-state index contributed by atoms with van der Waals surface area (Å²) in [6.45, 7) is 6.56. The normalized spacial score (nSPS) is 10.3. The standard InChI is InChI=1S/C22H28N2O4/c1-5-24(19-8-6-7-17(2)15-19)22(26)16-23(18(3)25)13-14-28-21-11-9-20(27-4)10-12-21/h6-12,15H,5,13-14,16H2,1-4H3. The third-order valence-electron chi connectivity index (χ3n) is 4.39. The summed E-state index contributed by atoms with van der Waals surface area (Å²) in [7, 11) is 1.61. The minimum atomic E-state index is -0.160. The van der Waals surface area contributed by atoms with E-state index in [1.165, 1.54) is 11.8 Å². The molecule has 6 nitrogen and oxygen atoms in total. The number of benzene rings is 2. The summed E-state index contributed by atoms with van der Waals surface area (Å²) in [5, 5.41) is 0. The van der Waals surface area contributed by atoms with Crippen molar-refractivity contribution in [3.8, 4) is 11.5 Å². The van der Waals surface area contributed by atoms with Gasteiger partial charge in [0, 0.05) is 19.2 Å². The van der Waals surface area contributed by atoms with Crippen LogP contribution in [0, 0.1) is 6.92 Å². The molecule has 6 heteroatoms. The molecule has 0 saturated heterocycles. The number of methoxy groups -OCH3 is 1. The highest BCUT2D eigenvalue weighted by molar-refractivity contribution is 5.96. The first kappa shape index (κ1) is 21.3. The summed E-state index contributed by atoms with van der Waals surface area (Å²) >= 11 is 0. The van der Waals surface area contributed by atoms with Gasteiger partial charge >= 0.3 is 0 Å². The lowest BCUT2D eigenvalue weighted by atomic mass is 10.2. The van der Waals surface area contributed by atoms with E-state index >= 15 is 0 Å². The number of ether oxygens (including phenoxy) is 2. The van der Waals surface area contributed by atoms with Gasteiger partial charge in [-0.2, -0.15) is 0 Å². The number of anilines is 1. The van der Waals surface area contributed by atoms with Gasteiger partial charge in [-0.05, 0) is 55.8 Å². The summed E-state index contributed by atoms with van der Waals surface area (Å²) in [6, 6.07) is 15.0. The van der Waals surface area contributed by atoms with E-state index in [9.17, 15) is 9.59 Å². The zero-order chi connectivity index (χ0) is 20.5. The smallest absolute Gasteiger partial charge is 0.246 e. The Morgan fingerprint density at radius 3 is 2.29 bits per heavy atom. The molecule has 0 radical (unpaired) electrons. The van der Waals surface area contributed by atoms with Crippen molar-refractivity contribution in [1.82, 2.24) is 4.90 Å². The van der Waals surface area contributed by atoms with Gasteiger partial charge < -0.3 is 19.3 Å². The van der Waals surface area contributed by atoms with Gasteiger partial charge in [0.1, 0.15) is 24.7 Å². The predicted octanol–water partition coefficient (Wildman–Crippen LogP) is 3.28. The fraction of sp³-hybridized carbons (Fsp3) is 0.364. The Kier molecular flexibility index (Phi) is 7.87. The molecule has 2 aromatic carbocycles. The van der Waals surface area contributed by atoms with Crippen molar-refractivity contribution in [2.45, 2.75) is 20.8 Å². The molecule has 0 aliphatic carbocycles. The fourth-order valence-electron chi connectivity index (χ4n) is 2.84. The van der Waals surface area contributed by atoms with E-state index in [1.54, 1.807) is 24.1 Å². The van der Waals surface area contributed by atoms with Crippen LogP contribution in [0.1, 0.15) is 19.4 Å². The zero-order valence-corrected chi connectivity index (χ0v) is 17.0. The van der Waals surface area contributed by atoms with Crippen LogP contribution in [0.5, 0.6) is 11.5 Å². The van der Waals surface area contributed by atoms with Crippen molar-refractivity contribution >= 4 is 17.5 Å². The molecule has 0 heterocycles. The average Bonchev–Trinajstić information content (AvgIpc) is 2.68. The summed E-state index contributed by atoms with van der Waals surface area (Å²) in [5.41, 5.74) is 1.92. The maximum atomic E-state index is 12.8. The maximum absolute atomic E-state index is 12.8. The van der Waals surface area contributed by atoms with E-state index in [2.05, 4.69) is 0 Å². The van der Waals surface area contributed by atoms with Gasteiger partial charge in [-0.25, -0.2) is 0 Å². The molecule has 0 atom stereocenters. The third-order valence-corrected chi connectivity index (χ3v) is 4.39. The molecule has 0 unspecified atom stereocenters. The highest BCUT2D eigenvalue weighted by atomic mass is 16.5. The van der Waals surface area contributed by atoms with Crippen LogP contribution in [0.4, 0.5) is 5.69 Å². The number of rotatable bonds is 9. The predicted molar refractivity (Wildman–Crippen MR) is 110 cm³/mol. The maximum Gasteiger partial charge on any atom is 0.246 e. The van der Waals surface area contributed by atoms with Crippen LogP contribution >= 0.6 is 0 Å². The van der Waals surface area contributed by atoms with Crippen molar-refractivity contribution < 1.29 is 19.1 Å². The zero-order valence-electron chi connectivity index (χ0n) is 17.0. The monoisotopic (exact) mass is 384 g/mol. The Labute approximate surface area is 166 Å². The van der Waals surface area contributed by atoms with E-state index in [4.69, 9.17) is 9.47 Å². The lowest BCUT2D eigenvalue weighted by Gasteiger charge is -2.26. The van der Waals surface area contributed by atoms with E-state index in [-0.39, 0.29) is 18.4 Å². The largest absolute Gasteiger partial charge is 0.497 e. The molecule has 0 aliphatic heterocycles. The molecule has 0 saturated carbocycles. The van der Waals surface area contributed by atoms with Gasteiger partial charge in [0.15, 0.2) is 0 Å². The van der Waals surface area contributed by atoms with Gasteiger partial charge in [0.05, 0.1) is 13.7 Å². The minimum absolute atomic E-state index is 0.0170. The Morgan fingerprint density at radius 2 is 1.71 bits per heavy atom. The molecule has 0 N–H and O–H groups in total. The highest BCUT2D eigenvalue weighted by Crippen LogP contribution is 2.18. The number of aryl methyl sites for hydroxylation is 1. The first-order chi connectivity index (χ1) is 13.4. The second-order valence-electron chi connectivity index (χ2n) is 6.44. The third kappa shape index (κ3) is 6.01. The van der Waals surface area contributed by atoms with Crippen molar-refractivity contribution in [3.05, 3.63) is 54.1 Å². The molecule has 2 aromatic rings. The van der Waals surface area contributed by atoms with E-state index < -0.39 is 0 Å². The van der Waals surface area contributed by atoms with Gasteiger partial charge in [-0.15, -0.1) is 0 Å². The van der Waals surface area contributed by atoms with Crippen LogP contribution in [0.3, 0.4) is 0 Å². The Hall–Kier alpha value is -3.02. The van der Waals surface area contributed by atoms with Crippen LogP contribution in [0.25, 0.3) is 0 Å². The second-order valence-corrected chi connectivity index (χ2v) is 6.44. The van der Waals surface area contributed by atoms with Crippen molar-refractivity contribution in [3.63, 3.8) is 0 Å². The highest BCUT2D eigenvalue weighted by Gasteiger charge is 2.19. The molecule has 0 fully saturated rings. The summed E-state index contributed by atoms with van der Waals surface area (Å²) in [6.07, 6.45) is 0. The Balaban J connectivity index is 1.95. The number of amides is 2. The van der Waals surface area contributed by atoms with Crippen LogP contribution < -0.4 is 14.4 Å². The summed E-state index contributed by atoms with van der Waals surface area (Å²) < 4.78 is 10.8. The molecule has 0 aliphatic rings. The number of likely N-dealkylation sites (N-methyl/N-ethyl adjacent to an activating group) is 1. The first-order valence-electron chi connectivity index (χ1n) is 9.34. The molecule has 0 spiro atoms. The first-order valence-corrected chi connectivity index (χ1v) is 9.34. The fourth-order valence-corrected chi connectivity index (χ4v) is 2.84. The molecule has 150 valence electrons. The van der Waals surface area contributed by atoms with E-state index in [0.29, 0.717) is 25.4 Å². The van der Waals surface area contributed by atoms with Gasteiger partial charge in [0.25, 0.3) is 0 Å². The Bertz CT molecular complexity index is 789. The van der Waals surface area contributed by atoms with E-state index in [0.717, 1.165) is 17.0 Å². The molecule has 2 rings (SSSR count). The van der Waals surface area contributed by atoms with E-state index in [1.807, 2.05) is 50.2 Å². The van der Waals surface area contributed by atoms with Crippen molar-refractivity contribution in [2.75, 3.05) is 38.3 Å². The van der Waals surface area contributed by atoms with Crippen molar-refractivity contribution in [2.24, 2.45) is 0 Å². The number of carbonyl (C=O) groups is 2. The average molecular weight is 384 g/mol. The Morgan fingerprint density at radius 1 is 1.04 bits per heavy atom. The SMILES string of the molecule is CCN(C(=O)CN(CCOc1ccc(OC)cc1)C(C)=O)c1cccc(C)c1. The molecular weight excluding hydrogens is 356 g/mol. The summed E-state index contributed by atoms with van der Waals surface area (Å²) in [5.74, 6) is 1.16. The topological polar surface area (TPSA) is 59.1 Å². The number of nitrogens with zero attached hydrogens (tertiary/aromatic N) is 2. The van der Waals surface area contributed by atoms with Crippen LogP contribution in [-0.4, -0.2) is 50.1 Å². The lowest BCUT2D eigenvalue weighted by Crippen LogP contribution is -2.43. The van der Waals surface area contributed by atoms with Gasteiger partial charge in [0.2, 0.25) is 11.8 Å². The molecule has 0 bridgehead atoms. The van der Waals surface area contributed by atoms with Crippen LogP contribution in [0.2, 0.25) is 0 Å². The van der Waals surface area contributed by atoms with Gasteiger partial charge in [-0.3, -0.25) is 9.59 Å².